The molecule has 2 fully saturated rings. The molecule has 2 aliphatic rings. The van der Waals surface area contributed by atoms with Gasteiger partial charge < -0.3 is 19.5 Å². The van der Waals surface area contributed by atoms with Gasteiger partial charge in [-0.25, -0.2) is 4.79 Å². The predicted molar refractivity (Wildman–Crippen MR) is 114 cm³/mol. The highest BCUT2D eigenvalue weighted by molar-refractivity contribution is 5.81. The lowest BCUT2D eigenvalue weighted by molar-refractivity contribution is -0.150. The summed E-state index contributed by atoms with van der Waals surface area (Å²) in [5.74, 6) is -0.166. The summed E-state index contributed by atoms with van der Waals surface area (Å²) in [7, 11) is 0. The van der Waals surface area contributed by atoms with Crippen LogP contribution in [-0.2, 0) is 19.1 Å². The standard InChI is InChI=1S/C23H34N2O5/c1-18-6-7-19(2)20(14-18)29-16-22(27)30-15-21(26)24-17-23(8-4-3-5-9-23)25-10-12-28-13-11-25/h6-7,14H,3-5,8-13,15-17H2,1-2H3,(H,24,26). The van der Waals surface area contributed by atoms with Gasteiger partial charge in [-0.05, 0) is 43.9 Å². The van der Waals surface area contributed by atoms with Gasteiger partial charge in [-0.2, -0.15) is 0 Å². The molecule has 3 rings (SSSR count). The maximum absolute atomic E-state index is 12.3. The van der Waals surface area contributed by atoms with Gasteiger partial charge in [0.15, 0.2) is 13.2 Å². The minimum absolute atomic E-state index is 0.00644. The number of amides is 1. The molecular formula is C23H34N2O5. The van der Waals surface area contributed by atoms with Gasteiger partial charge in [0.1, 0.15) is 5.75 Å². The Labute approximate surface area is 179 Å². The van der Waals surface area contributed by atoms with Gasteiger partial charge in [0, 0.05) is 25.2 Å². The summed E-state index contributed by atoms with van der Waals surface area (Å²) in [5.41, 5.74) is 2.00. The first-order chi connectivity index (χ1) is 14.5. The van der Waals surface area contributed by atoms with Crippen molar-refractivity contribution in [3.05, 3.63) is 29.3 Å². The van der Waals surface area contributed by atoms with Crippen LogP contribution in [0.25, 0.3) is 0 Å². The monoisotopic (exact) mass is 418 g/mol. The van der Waals surface area contributed by atoms with Crippen LogP contribution in [0.3, 0.4) is 0 Å². The van der Waals surface area contributed by atoms with Crippen molar-refractivity contribution < 1.29 is 23.8 Å². The van der Waals surface area contributed by atoms with Crippen molar-refractivity contribution in [2.45, 2.75) is 51.5 Å². The fourth-order valence-electron chi connectivity index (χ4n) is 4.35. The van der Waals surface area contributed by atoms with Crippen molar-refractivity contribution >= 4 is 11.9 Å². The molecule has 1 N–H and O–H groups in total. The Morgan fingerprint density at radius 3 is 2.57 bits per heavy atom. The molecule has 30 heavy (non-hydrogen) atoms. The SMILES string of the molecule is Cc1ccc(C)c(OCC(=O)OCC(=O)NCC2(N3CCOCC3)CCCCC2)c1. The minimum atomic E-state index is -0.549. The number of morpholine rings is 1. The van der Waals surface area contributed by atoms with Crippen LogP contribution in [0.5, 0.6) is 5.75 Å². The molecule has 0 bridgehead atoms. The molecule has 1 heterocycles. The zero-order valence-electron chi connectivity index (χ0n) is 18.2. The summed E-state index contributed by atoms with van der Waals surface area (Å²) in [4.78, 5) is 26.8. The number of benzene rings is 1. The highest BCUT2D eigenvalue weighted by atomic mass is 16.6. The van der Waals surface area contributed by atoms with E-state index in [0.29, 0.717) is 12.3 Å². The summed E-state index contributed by atoms with van der Waals surface area (Å²) in [6.07, 6.45) is 5.77. The Morgan fingerprint density at radius 1 is 1.10 bits per heavy atom. The van der Waals surface area contributed by atoms with Gasteiger partial charge >= 0.3 is 5.97 Å². The van der Waals surface area contributed by atoms with E-state index in [2.05, 4.69) is 10.2 Å². The van der Waals surface area contributed by atoms with E-state index in [4.69, 9.17) is 14.2 Å². The molecule has 7 heteroatoms. The average Bonchev–Trinajstić information content (AvgIpc) is 2.78. The van der Waals surface area contributed by atoms with Crippen LogP contribution in [0.4, 0.5) is 0 Å². The van der Waals surface area contributed by atoms with Crippen LogP contribution >= 0.6 is 0 Å². The first-order valence-corrected chi connectivity index (χ1v) is 10.9. The summed E-state index contributed by atoms with van der Waals surface area (Å²) in [6.45, 7) is 7.27. The van der Waals surface area contributed by atoms with Crippen molar-refractivity contribution in [3.63, 3.8) is 0 Å². The Bertz CT molecular complexity index is 724. The van der Waals surface area contributed by atoms with Crippen molar-refractivity contribution in [2.75, 3.05) is 46.1 Å². The van der Waals surface area contributed by atoms with Crippen LogP contribution < -0.4 is 10.1 Å². The van der Waals surface area contributed by atoms with Gasteiger partial charge in [0.2, 0.25) is 0 Å². The molecule has 0 aromatic heterocycles. The topological polar surface area (TPSA) is 77.1 Å². The fourth-order valence-corrected chi connectivity index (χ4v) is 4.35. The van der Waals surface area contributed by atoms with Crippen LogP contribution in [0.15, 0.2) is 18.2 Å². The van der Waals surface area contributed by atoms with Gasteiger partial charge in [0.25, 0.3) is 5.91 Å². The van der Waals surface area contributed by atoms with E-state index >= 15 is 0 Å². The maximum atomic E-state index is 12.3. The van der Waals surface area contributed by atoms with Crippen LogP contribution in [-0.4, -0.2) is 68.4 Å². The van der Waals surface area contributed by atoms with Gasteiger partial charge in [-0.15, -0.1) is 0 Å². The van der Waals surface area contributed by atoms with Crippen molar-refractivity contribution in [3.8, 4) is 5.75 Å². The number of ether oxygens (including phenoxy) is 3. The van der Waals surface area contributed by atoms with E-state index in [1.165, 1.54) is 19.3 Å². The van der Waals surface area contributed by atoms with Crippen LogP contribution in [0.1, 0.15) is 43.2 Å². The second kappa shape index (κ2) is 10.8. The number of carbonyl (C=O) groups is 2. The van der Waals surface area contributed by atoms with E-state index in [0.717, 1.165) is 50.3 Å². The normalized spacial score (nSPS) is 19.1. The minimum Gasteiger partial charge on any atom is -0.482 e. The molecule has 0 radical (unpaired) electrons. The molecule has 1 saturated carbocycles. The smallest absolute Gasteiger partial charge is 0.344 e. The molecule has 1 saturated heterocycles. The number of nitrogens with one attached hydrogen (secondary N) is 1. The van der Waals surface area contributed by atoms with E-state index in [1.54, 1.807) is 0 Å². The Balaban J connectivity index is 1.42. The first-order valence-electron chi connectivity index (χ1n) is 10.9. The maximum Gasteiger partial charge on any atom is 0.344 e. The summed E-state index contributed by atoms with van der Waals surface area (Å²) in [5, 5.41) is 3.00. The average molecular weight is 419 g/mol. The molecule has 1 aliphatic carbocycles. The largest absolute Gasteiger partial charge is 0.482 e. The Morgan fingerprint density at radius 2 is 1.83 bits per heavy atom. The number of nitrogens with zero attached hydrogens (tertiary/aromatic N) is 1. The van der Waals surface area contributed by atoms with Gasteiger partial charge in [-0.3, -0.25) is 9.69 Å². The van der Waals surface area contributed by atoms with Gasteiger partial charge in [-0.1, -0.05) is 31.4 Å². The molecule has 1 aromatic rings. The lowest BCUT2D eigenvalue weighted by Gasteiger charge is -2.48. The number of carbonyl (C=O) groups excluding carboxylic acids is 2. The highest BCUT2D eigenvalue weighted by Crippen LogP contribution is 2.33. The van der Waals surface area contributed by atoms with Crippen LogP contribution in [0.2, 0.25) is 0 Å². The van der Waals surface area contributed by atoms with Crippen molar-refractivity contribution in [1.82, 2.24) is 10.2 Å². The van der Waals surface area contributed by atoms with E-state index in [1.807, 2.05) is 32.0 Å². The molecule has 0 unspecified atom stereocenters. The summed E-state index contributed by atoms with van der Waals surface area (Å²) in [6, 6.07) is 5.81. The summed E-state index contributed by atoms with van der Waals surface area (Å²) < 4.78 is 16.1. The zero-order chi connectivity index (χ0) is 21.4. The second-order valence-electron chi connectivity index (χ2n) is 8.38. The third-order valence-corrected chi connectivity index (χ3v) is 6.13. The molecule has 1 aromatic carbocycles. The first kappa shape index (κ1) is 22.6. The second-order valence-corrected chi connectivity index (χ2v) is 8.38. The Hall–Kier alpha value is -2.12. The third kappa shape index (κ3) is 6.19. The quantitative estimate of drug-likeness (QED) is 0.653. The van der Waals surface area contributed by atoms with E-state index in [-0.39, 0.29) is 24.7 Å². The molecule has 1 aliphatic heterocycles. The lowest BCUT2D eigenvalue weighted by Crippen LogP contribution is -2.59. The number of hydrogen-bond donors (Lipinski definition) is 1. The molecule has 1 amide bonds. The zero-order valence-corrected chi connectivity index (χ0v) is 18.2. The van der Waals surface area contributed by atoms with Crippen LogP contribution in [0, 0.1) is 13.8 Å². The van der Waals surface area contributed by atoms with E-state index < -0.39 is 5.97 Å². The van der Waals surface area contributed by atoms with Crippen molar-refractivity contribution in [1.29, 1.82) is 0 Å². The number of hydrogen-bond acceptors (Lipinski definition) is 6. The number of esters is 1. The molecular weight excluding hydrogens is 384 g/mol. The number of rotatable bonds is 8. The number of aryl methyl sites for hydroxylation is 2. The predicted octanol–water partition coefficient (Wildman–Crippen LogP) is 2.38. The summed E-state index contributed by atoms with van der Waals surface area (Å²) >= 11 is 0. The van der Waals surface area contributed by atoms with Crippen molar-refractivity contribution in [2.24, 2.45) is 0 Å². The molecule has 166 valence electrons. The Kier molecular flexibility index (Phi) is 8.10. The third-order valence-electron chi connectivity index (χ3n) is 6.13. The molecule has 7 nitrogen and oxygen atoms in total. The molecule has 0 atom stereocenters. The fraction of sp³-hybridized carbons (Fsp3) is 0.652. The van der Waals surface area contributed by atoms with E-state index in [9.17, 15) is 9.59 Å². The lowest BCUT2D eigenvalue weighted by atomic mass is 9.79. The van der Waals surface area contributed by atoms with Gasteiger partial charge in [0.05, 0.1) is 13.2 Å². The highest BCUT2D eigenvalue weighted by Gasteiger charge is 2.38. The molecule has 0 spiro atoms.